The number of furan rings is 1. The molecule has 0 saturated carbocycles. The average molecular weight is 510 g/mol. The summed E-state index contributed by atoms with van der Waals surface area (Å²) in [5.41, 5.74) is 0.337. The van der Waals surface area contributed by atoms with E-state index in [0.29, 0.717) is 22.3 Å². The van der Waals surface area contributed by atoms with Crippen molar-refractivity contribution in [3.8, 4) is 11.5 Å². The second-order valence-electron chi connectivity index (χ2n) is 7.98. The van der Waals surface area contributed by atoms with Crippen LogP contribution in [0.25, 0.3) is 11.0 Å². The lowest BCUT2D eigenvalue weighted by atomic mass is 9.95. The first kappa shape index (κ1) is 23.9. The molecule has 0 aliphatic carbocycles. The molecule has 1 unspecified atom stereocenters. The normalized spacial score (nSPS) is 15.9. The van der Waals surface area contributed by atoms with E-state index in [1.165, 1.54) is 49.8 Å². The van der Waals surface area contributed by atoms with Crippen LogP contribution in [0.5, 0.6) is 11.5 Å². The van der Waals surface area contributed by atoms with Gasteiger partial charge in [0.2, 0.25) is 5.78 Å². The van der Waals surface area contributed by atoms with Crippen LogP contribution in [0.15, 0.2) is 88.8 Å². The number of alkyl halides is 3. The van der Waals surface area contributed by atoms with Crippen molar-refractivity contribution in [3.63, 3.8) is 0 Å². The maximum absolute atomic E-state index is 13.7. The number of carbonyl (C=O) groups excluding carboxylic acids is 2. The summed E-state index contributed by atoms with van der Waals surface area (Å²) in [6, 6.07) is 13.0. The zero-order valence-electron chi connectivity index (χ0n) is 19.0. The minimum absolute atomic E-state index is 0.0332. The van der Waals surface area contributed by atoms with Crippen molar-refractivity contribution in [2.24, 2.45) is 0 Å². The number of methoxy groups -OCH3 is 1. The second kappa shape index (κ2) is 9.01. The van der Waals surface area contributed by atoms with Crippen molar-refractivity contribution < 1.29 is 41.8 Å². The number of aliphatic hydroxyl groups excluding tert-OH is 1. The number of Topliss-reactive ketones (excluding diaryl/α,β-unsaturated/α-hetero) is 1. The number of anilines is 1. The highest BCUT2D eigenvalue weighted by Crippen LogP contribution is 2.43. The zero-order chi connectivity index (χ0) is 26.3. The van der Waals surface area contributed by atoms with Crippen LogP contribution in [-0.2, 0) is 4.79 Å². The smallest absolute Gasteiger partial charge is 0.503 e. The Morgan fingerprint density at radius 2 is 1.81 bits per heavy atom. The van der Waals surface area contributed by atoms with Gasteiger partial charge in [-0.15, -0.1) is 13.2 Å². The van der Waals surface area contributed by atoms with Crippen LogP contribution in [0, 0.1) is 0 Å². The molecule has 11 heteroatoms. The molecule has 2 aromatic heterocycles. The van der Waals surface area contributed by atoms with E-state index in [4.69, 9.17) is 9.15 Å². The van der Waals surface area contributed by atoms with Gasteiger partial charge in [0.15, 0.2) is 22.9 Å². The largest absolute Gasteiger partial charge is 0.573 e. The molecule has 3 heterocycles. The molecule has 1 N–H and O–H groups in total. The first-order chi connectivity index (χ1) is 17.7. The van der Waals surface area contributed by atoms with Crippen molar-refractivity contribution in [2.45, 2.75) is 12.4 Å². The Morgan fingerprint density at radius 1 is 1.08 bits per heavy atom. The highest BCUT2D eigenvalue weighted by atomic mass is 19.4. The number of hydrogen-bond acceptors (Lipinski definition) is 7. The third-order valence-corrected chi connectivity index (χ3v) is 5.76. The lowest BCUT2D eigenvalue weighted by Crippen LogP contribution is -2.31. The van der Waals surface area contributed by atoms with Gasteiger partial charge >= 0.3 is 6.36 Å². The standard InChI is InChI=1S/C26H17F3N2O6/c1-35-18-7-2-4-15-12-19(36-24(15)18)22(32)20-21(14-8-10-30-11-9-14)31(25(34)23(20)33)16-5-3-6-17(13-16)37-26(27,28)29/h2-13,21,33H,1H3. The summed E-state index contributed by atoms with van der Waals surface area (Å²) in [7, 11) is 1.44. The van der Waals surface area contributed by atoms with Crippen molar-refractivity contribution in [1.82, 2.24) is 4.98 Å². The predicted molar refractivity (Wildman–Crippen MR) is 124 cm³/mol. The van der Waals surface area contributed by atoms with Crippen LogP contribution >= 0.6 is 0 Å². The number of nitrogens with zero attached hydrogens (tertiary/aromatic N) is 2. The summed E-state index contributed by atoms with van der Waals surface area (Å²) in [4.78, 5) is 31.9. The minimum atomic E-state index is -4.96. The van der Waals surface area contributed by atoms with E-state index in [1.807, 2.05) is 0 Å². The van der Waals surface area contributed by atoms with Crippen molar-refractivity contribution in [2.75, 3.05) is 12.0 Å². The first-order valence-electron chi connectivity index (χ1n) is 10.8. The number of aromatic nitrogens is 1. The molecule has 0 bridgehead atoms. The number of pyridine rings is 1. The minimum Gasteiger partial charge on any atom is -0.503 e. The predicted octanol–water partition coefficient (Wildman–Crippen LogP) is 5.52. The highest BCUT2D eigenvalue weighted by Gasteiger charge is 2.45. The average Bonchev–Trinajstić information content (AvgIpc) is 3.42. The van der Waals surface area contributed by atoms with E-state index in [2.05, 4.69) is 9.72 Å². The van der Waals surface area contributed by atoms with Gasteiger partial charge in [0.25, 0.3) is 5.91 Å². The maximum Gasteiger partial charge on any atom is 0.573 e. The zero-order valence-corrected chi connectivity index (χ0v) is 19.0. The van der Waals surface area contributed by atoms with E-state index in [9.17, 15) is 27.9 Å². The highest BCUT2D eigenvalue weighted by molar-refractivity contribution is 6.20. The summed E-state index contributed by atoms with van der Waals surface area (Å²) in [6.07, 6.45) is -2.11. The number of para-hydroxylation sites is 1. The number of benzene rings is 2. The third-order valence-electron chi connectivity index (χ3n) is 5.76. The van der Waals surface area contributed by atoms with E-state index in [-0.39, 0.29) is 17.0 Å². The van der Waals surface area contributed by atoms with E-state index < -0.39 is 35.6 Å². The fourth-order valence-corrected chi connectivity index (χ4v) is 4.24. The molecule has 1 aliphatic rings. The summed E-state index contributed by atoms with van der Waals surface area (Å²) in [5, 5.41) is 11.4. The van der Waals surface area contributed by atoms with Gasteiger partial charge in [0, 0.05) is 29.5 Å². The second-order valence-corrected chi connectivity index (χ2v) is 7.98. The molecule has 2 aromatic carbocycles. The molecule has 4 aromatic rings. The fourth-order valence-electron chi connectivity index (χ4n) is 4.24. The van der Waals surface area contributed by atoms with E-state index in [0.717, 1.165) is 17.0 Å². The molecule has 5 rings (SSSR count). The lowest BCUT2D eigenvalue weighted by molar-refractivity contribution is -0.274. The summed E-state index contributed by atoms with van der Waals surface area (Å²) in [6.45, 7) is 0. The van der Waals surface area contributed by atoms with Gasteiger partial charge in [-0.25, -0.2) is 0 Å². The maximum atomic E-state index is 13.7. The number of hydrogen-bond donors (Lipinski definition) is 1. The van der Waals surface area contributed by atoms with Crippen LogP contribution in [0.1, 0.15) is 22.2 Å². The molecule has 1 atom stereocenters. The van der Waals surface area contributed by atoms with Gasteiger partial charge in [-0.05, 0) is 42.0 Å². The van der Waals surface area contributed by atoms with Crippen LogP contribution in [-0.4, -0.2) is 35.3 Å². The number of rotatable bonds is 6. The molecule has 1 amide bonds. The quantitative estimate of drug-likeness (QED) is 0.341. The van der Waals surface area contributed by atoms with Gasteiger partial charge in [-0.1, -0.05) is 18.2 Å². The Kier molecular flexibility index (Phi) is 5.82. The molecular weight excluding hydrogens is 493 g/mol. The molecule has 188 valence electrons. The number of amides is 1. The van der Waals surface area contributed by atoms with Gasteiger partial charge in [-0.2, -0.15) is 0 Å². The van der Waals surface area contributed by atoms with Gasteiger partial charge in [0.05, 0.1) is 18.7 Å². The number of halogens is 3. The fraction of sp³-hybridized carbons (Fsp3) is 0.115. The molecule has 8 nitrogen and oxygen atoms in total. The van der Waals surface area contributed by atoms with Crippen molar-refractivity contribution >= 4 is 28.3 Å². The van der Waals surface area contributed by atoms with Crippen LogP contribution in [0.2, 0.25) is 0 Å². The first-order valence-corrected chi connectivity index (χ1v) is 10.8. The number of carbonyl (C=O) groups is 2. The monoisotopic (exact) mass is 510 g/mol. The molecule has 0 radical (unpaired) electrons. The van der Waals surface area contributed by atoms with Gasteiger partial charge in [-0.3, -0.25) is 19.5 Å². The molecule has 37 heavy (non-hydrogen) atoms. The van der Waals surface area contributed by atoms with Crippen LogP contribution < -0.4 is 14.4 Å². The van der Waals surface area contributed by atoms with Gasteiger partial charge in [0.1, 0.15) is 5.75 Å². The molecule has 1 aliphatic heterocycles. The van der Waals surface area contributed by atoms with E-state index in [1.54, 1.807) is 18.2 Å². The van der Waals surface area contributed by atoms with Crippen LogP contribution in [0.4, 0.5) is 18.9 Å². The Hall–Kier alpha value is -4.80. The Balaban J connectivity index is 1.62. The molecule has 0 fully saturated rings. The third kappa shape index (κ3) is 4.35. The molecule has 0 saturated heterocycles. The Morgan fingerprint density at radius 3 is 2.51 bits per heavy atom. The Labute approximate surface area is 207 Å². The topological polar surface area (TPSA) is 102 Å². The number of ketones is 1. The summed E-state index contributed by atoms with van der Waals surface area (Å²) in [5.74, 6) is -2.98. The van der Waals surface area contributed by atoms with E-state index >= 15 is 0 Å². The molecular formula is C26H17F3N2O6. The SMILES string of the molecule is COc1cccc2cc(C(=O)C3=C(O)C(=O)N(c4cccc(OC(F)(F)F)c4)C3c3ccncc3)oc12. The van der Waals surface area contributed by atoms with Gasteiger partial charge < -0.3 is 19.0 Å². The summed E-state index contributed by atoms with van der Waals surface area (Å²) >= 11 is 0. The van der Waals surface area contributed by atoms with Crippen molar-refractivity contribution in [3.05, 3.63) is 95.7 Å². The summed E-state index contributed by atoms with van der Waals surface area (Å²) < 4.78 is 53.4. The number of ether oxygens (including phenoxy) is 2. The Bertz CT molecular complexity index is 1540. The molecule has 0 spiro atoms. The van der Waals surface area contributed by atoms with Crippen LogP contribution in [0.3, 0.4) is 0 Å². The number of fused-ring (bicyclic) bond motifs is 1. The lowest BCUT2D eigenvalue weighted by Gasteiger charge is -2.27. The number of aliphatic hydroxyl groups is 1. The van der Waals surface area contributed by atoms with Crippen molar-refractivity contribution in [1.29, 1.82) is 0 Å².